The second-order valence-electron chi connectivity index (χ2n) is 4.25. The molecule has 1 aliphatic carbocycles. The van der Waals surface area contributed by atoms with Gasteiger partial charge >= 0.3 is 5.97 Å². The summed E-state index contributed by atoms with van der Waals surface area (Å²) in [5.74, 6) is 0.0358. The standard InChI is InChI=1S/C10H17NO2S/c12-9(13)8-7-14-10(11-8)5-3-1-2-4-6-10/h8,11H,1-7H2,(H,12,13)/t8-/m1/s1. The minimum Gasteiger partial charge on any atom is -0.480 e. The third kappa shape index (κ3) is 2.06. The van der Waals surface area contributed by atoms with Gasteiger partial charge in [-0.2, -0.15) is 0 Å². The van der Waals surface area contributed by atoms with Crippen LogP contribution in [0.15, 0.2) is 0 Å². The van der Waals surface area contributed by atoms with Crippen molar-refractivity contribution < 1.29 is 9.90 Å². The van der Waals surface area contributed by atoms with Crippen LogP contribution >= 0.6 is 11.8 Å². The molecule has 1 atom stereocenters. The highest BCUT2D eigenvalue weighted by molar-refractivity contribution is 8.00. The van der Waals surface area contributed by atoms with E-state index in [9.17, 15) is 4.79 Å². The average Bonchev–Trinajstić information content (AvgIpc) is 2.41. The first kappa shape index (κ1) is 10.3. The van der Waals surface area contributed by atoms with Gasteiger partial charge in [-0.1, -0.05) is 25.7 Å². The number of rotatable bonds is 1. The van der Waals surface area contributed by atoms with E-state index < -0.39 is 5.97 Å². The highest BCUT2D eigenvalue weighted by Crippen LogP contribution is 2.41. The Morgan fingerprint density at radius 1 is 1.29 bits per heavy atom. The van der Waals surface area contributed by atoms with Crippen LogP contribution in [0.3, 0.4) is 0 Å². The lowest BCUT2D eigenvalue weighted by Crippen LogP contribution is -2.44. The summed E-state index contributed by atoms with van der Waals surface area (Å²) < 4.78 is 0. The molecule has 0 bridgehead atoms. The Kier molecular flexibility index (Phi) is 3.02. The minimum absolute atomic E-state index is 0.0968. The molecule has 4 heteroatoms. The SMILES string of the molecule is O=C(O)[C@H]1CSC2(CCCCCC2)N1. The van der Waals surface area contributed by atoms with E-state index in [1.165, 1.54) is 25.7 Å². The molecule has 3 nitrogen and oxygen atoms in total. The zero-order valence-corrected chi connectivity index (χ0v) is 9.11. The van der Waals surface area contributed by atoms with E-state index in [1.807, 2.05) is 11.8 Å². The van der Waals surface area contributed by atoms with Crippen LogP contribution in [0.4, 0.5) is 0 Å². The van der Waals surface area contributed by atoms with Gasteiger partial charge in [-0.15, -0.1) is 11.8 Å². The first-order chi connectivity index (χ1) is 6.72. The zero-order valence-electron chi connectivity index (χ0n) is 8.29. The number of thioether (sulfide) groups is 1. The number of hydrogen-bond acceptors (Lipinski definition) is 3. The first-order valence-corrected chi connectivity index (χ1v) is 6.35. The molecule has 1 heterocycles. The maximum atomic E-state index is 10.8. The van der Waals surface area contributed by atoms with E-state index >= 15 is 0 Å². The van der Waals surface area contributed by atoms with Crippen molar-refractivity contribution in [2.75, 3.05) is 5.75 Å². The Balaban J connectivity index is 1.99. The summed E-state index contributed by atoms with van der Waals surface area (Å²) >= 11 is 1.82. The molecule has 0 aromatic heterocycles. The van der Waals surface area contributed by atoms with Crippen molar-refractivity contribution in [3.8, 4) is 0 Å². The first-order valence-electron chi connectivity index (χ1n) is 5.36. The summed E-state index contributed by atoms with van der Waals surface area (Å²) in [6, 6.07) is -0.321. The summed E-state index contributed by atoms with van der Waals surface area (Å²) in [5, 5.41) is 12.2. The Bertz CT molecular complexity index is 224. The molecule has 0 aromatic carbocycles. The molecule has 2 rings (SSSR count). The van der Waals surface area contributed by atoms with E-state index in [2.05, 4.69) is 5.32 Å². The van der Waals surface area contributed by atoms with Gasteiger partial charge in [0, 0.05) is 5.75 Å². The van der Waals surface area contributed by atoms with Crippen LogP contribution in [-0.4, -0.2) is 27.7 Å². The number of carbonyl (C=O) groups is 1. The van der Waals surface area contributed by atoms with Crippen LogP contribution < -0.4 is 5.32 Å². The molecule has 1 aliphatic heterocycles. The highest BCUT2D eigenvalue weighted by atomic mass is 32.2. The van der Waals surface area contributed by atoms with E-state index in [0.717, 1.165) is 18.6 Å². The van der Waals surface area contributed by atoms with Crippen LogP contribution in [-0.2, 0) is 4.79 Å². The van der Waals surface area contributed by atoms with Gasteiger partial charge in [0.1, 0.15) is 6.04 Å². The van der Waals surface area contributed by atoms with Crippen LogP contribution in [0.25, 0.3) is 0 Å². The van der Waals surface area contributed by atoms with E-state index in [4.69, 9.17) is 5.11 Å². The predicted molar refractivity (Wildman–Crippen MR) is 57.5 cm³/mol. The van der Waals surface area contributed by atoms with Gasteiger partial charge in [0.15, 0.2) is 0 Å². The van der Waals surface area contributed by atoms with E-state index in [-0.39, 0.29) is 10.9 Å². The van der Waals surface area contributed by atoms with Crippen molar-refractivity contribution in [1.29, 1.82) is 0 Å². The fourth-order valence-corrected chi connectivity index (χ4v) is 3.88. The molecule has 80 valence electrons. The van der Waals surface area contributed by atoms with Crippen LogP contribution in [0.1, 0.15) is 38.5 Å². The largest absolute Gasteiger partial charge is 0.480 e. The lowest BCUT2D eigenvalue weighted by Gasteiger charge is -2.27. The smallest absolute Gasteiger partial charge is 0.321 e. The van der Waals surface area contributed by atoms with Crippen LogP contribution in [0, 0.1) is 0 Å². The maximum absolute atomic E-state index is 10.8. The summed E-state index contributed by atoms with van der Waals surface area (Å²) in [6.45, 7) is 0. The summed E-state index contributed by atoms with van der Waals surface area (Å²) in [5.41, 5.74) is 0. The third-order valence-corrected chi connectivity index (χ3v) is 4.75. The molecule has 0 amide bonds. The van der Waals surface area contributed by atoms with E-state index in [0.29, 0.717) is 0 Å². The van der Waals surface area contributed by atoms with Crippen molar-refractivity contribution in [3.63, 3.8) is 0 Å². The molecule has 2 N–H and O–H groups in total. The van der Waals surface area contributed by atoms with Gasteiger partial charge in [0.25, 0.3) is 0 Å². The number of nitrogens with one attached hydrogen (secondary N) is 1. The van der Waals surface area contributed by atoms with Gasteiger partial charge in [-0.25, -0.2) is 0 Å². The molecule has 1 saturated carbocycles. The van der Waals surface area contributed by atoms with Gasteiger partial charge in [0.2, 0.25) is 0 Å². The maximum Gasteiger partial charge on any atom is 0.321 e. The summed E-state index contributed by atoms with van der Waals surface area (Å²) in [6.07, 6.45) is 7.38. The third-order valence-electron chi connectivity index (χ3n) is 3.17. The predicted octanol–water partition coefficient (Wildman–Crippen LogP) is 1.83. The summed E-state index contributed by atoms with van der Waals surface area (Å²) in [7, 11) is 0. The monoisotopic (exact) mass is 215 g/mol. The summed E-state index contributed by atoms with van der Waals surface area (Å²) in [4.78, 5) is 10.9. The zero-order chi connectivity index (χ0) is 10.0. The van der Waals surface area contributed by atoms with Crippen molar-refractivity contribution in [2.24, 2.45) is 0 Å². The average molecular weight is 215 g/mol. The Morgan fingerprint density at radius 2 is 1.93 bits per heavy atom. The van der Waals surface area contributed by atoms with Crippen LogP contribution in [0.5, 0.6) is 0 Å². The second-order valence-corrected chi connectivity index (χ2v) is 5.66. The lowest BCUT2D eigenvalue weighted by atomic mass is 10.1. The molecule has 0 aromatic rings. The van der Waals surface area contributed by atoms with Gasteiger partial charge in [-0.05, 0) is 12.8 Å². The fraction of sp³-hybridized carbons (Fsp3) is 0.900. The number of hydrogen-bond donors (Lipinski definition) is 2. The molecule has 0 radical (unpaired) electrons. The number of carboxylic acids is 1. The quantitative estimate of drug-likeness (QED) is 0.700. The van der Waals surface area contributed by atoms with Gasteiger partial charge in [0.05, 0.1) is 4.87 Å². The fourth-order valence-electron chi connectivity index (χ4n) is 2.37. The molecule has 2 aliphatic rings. The minimum atomic E-state index is -0.696. The molecule has 0 unspecified atom stereocenters. The Hall–Kier alpha value is -0.220. The number of carboxylic acid groups (broad SMARTS) is 1. The highest BCUT2D eigenvalue weighted by Gasteiger charge is 2.41. The molecule has 1 saturated heterocycles. The molecule has 1 spiro atoms. The molecular weight excluding hydrogens is 198 g/mol. The second kappa shape index (κ2) is 4.11. The van der Waals surface area contributed by atoms with Crippen molar-refractivity contribution in [1.82, 2.24) is 5.32 Å². The lowest BCUT2D eigenvalue weighted by molar-refractivity contribution is -0.138. The Morgan fingerprint density at radius 3 is 2.43 bits per heavy atom. The molecule has 14 heavy (non-hydrogen) atoms. The normalized spacial score (nSPS) is 31.6. The van der Waals surface area contributed by atoms with Gasteiger partial charge < -0.3 is 5.11 Å². The number of aliphatic carboxylic acids is 1. The van der Waals surface area contributed by atoms with E-state index in [1.54, 1.807) is 0 Å². The Labute approximate surface area is 88.6 Å². The molecule has 2 fully saturated rings. The van der Waals surface area contributed by atoms with Gasteiger partial charge in [-0.3, -0.25) is 10.1 Å². The van der Waals surface area contributed by atoms with Crippen LogP contribution in [0.2, 0.25) is 0 Å². The van der Waals surface area contributed by atoms with Crippen molar-refractivity contribution in [2.45, 2.75) is 49.4 Å². The van der Waals surface area contributed by atoms with Crippen molar-refractivity contribution in [3.05, 3.63) is 0 Å². The van der Waals surface area contributed by atoms with Crippen molar-refractivity contribution >= 4 is 17.7 Å². The topological polar surface area (TPSA) is 49.3 Å². The molecular formula is C10H17NO2S.